The van der Waals surface area contributed by atoms with Crippen LogP contribution in [0.1, 0.15) is 34.1 Å². The van der Waals surface area contributed by atoms with Gasteiger partial charge in [-0.25, -0.2) is 4.98 Å². The van der Waals surface area contributed by atoms with E-state index in [1.54, 1.807) is 33.9 Å². The lowest BCUT2D eigenvalue weighted by Gasteiger charge is -2.31. The molecule has 0 aromatic carbocycles. The zero-order chi connectivity index (χ0) is 23.1. The van der Waals surface area contributed by atoms with Gasteiger partial charge >= 0.3 is 12.2 Å². The number of nitrogens with zero attached hydrogens (tertiary/aromatic N) is 4. The van der Waals surface area contributed by atoms with Crippen LogP contribution in [0.2, 0.25) is 0 Å². The Balaban J connectivity index is 1.66. The smallest absolute Gasteiger partial charge is 0.467 e. The maximum absolute atomic E-state index is 12.9. The van der Waals surface area contributed by atoms with E-state index < -0.39 is 34.4 Å². The molecular weight excluding hydrogens is 432 g/mol. The van der Waals surface area contributed by atoms with Crippen molar-refractivity contribution >= 4 is 33.7 Å². The summed E-state index contributed by atoms with van der Waals surface area (Å²) < 4.78 is 11.6. The van der Waals surface area contributed by atoms with E-state index in [4.69, 9.17) is 9.47 Å². The minimum atomic E-state index is -1.25. The number of ether oxygens (including phenoxy) is 2. The lowest BCUT2D eigenvalue weighted by Crippen LogP contribution is -2.60. The maximum atomic E-state index is 12.9. The number of likely N-dealkylation sites (tertiary alicyclic amines) is 1. The van der Waals surface area contributed by atoms with Crippen LogP contribution in [0.4, 0.5) is 9.59 Å². The van der Waals surface area contributed by atoms with Gasteiger partial charge in [-0.15, -0.1) is 15.8 Å². The number of imide groups is 1. The molecule has 2 unspecified atom stereocenters. The third-order valence-electron chi connectivity index (χ3n) is 5.35. The average molecular weight is 458 g/mol. The Morgan fingerprint density at radius 2 is 2.00 bits per heavy atom. The van der Waals surface area contributed by atoms with Crippen molar-refractivity contribution < 1.29 is 28.7 Å². The van der Waals surface area contributed by atoms with Crippen molar-refractivity contribution in [3.63, 3.8) is 0 Å². The van der Waals surface area contributed by atoms with Gasteiger partial charge in [-0.2, -0.15) is 14.6 Å². The number of carbonyl (C=O) groups is 2. The standard InChI is InChI=1S/C22H24N4O5S/c1-13-11-14(12-26(13,20(27)28)21(29)31-22(2,3)4)30-19-17-15(8-10-32-17)24-18(25-19)16-7-5-6-9-23-16/h5-10,13-14H,11-12H2,1-4H3/p+1/t13?,14-,26?/m1/s1. The molecule has 4 heterocycles. The van der Waals surface area contributed by atoms with Crippen LogP contribution in [0.3, 0.4) is 0 Å². The minimum absolute atomic E-state index is 0.0544. The number of fused-ring (bicyclic) bond motifs is 1. The first kappa shape index (κ1) is 22.1. The van der Waals surface area contributed by atoms with Crippen LogP contribution < -0.4 is 4.74 Å². The fraction of sp³-hybridized carbons (Fsp3) is 0.409. The molecule has 1 N–H and O–H groups in total. The number of carboxylic acid groups (broad SMARTS) is 1. The molecule has 0 spiro atoms. The van der Waals surface area contributed by atoms with Crippen molar-refractivity contribution in [3.05, 3.63) is 35.8 Å². The summed E-state index contributed by atoms with van der Waals surface area (Å²) in [5.41, 5.74) is 0.525. The summed E-state index contributed by atoms with van der Waals surface area (Å²) in [6.07, 6.45) is -0.556. The van der Waals surface area contributed by atoms with Gasteiger partial charge in [-0.1, -0.05) is 6.07 Å². The van der Waals surface area contributed by atoms with Crippen LogP contribution in [0.5, 0.6) is 5.88 Å². The van der Waals surface area contributed by atoms with E-state index in [0.717, 1.165) is 10.2 Å². The SMILES string of the molecule is CC1C[C@@H](Oc2nc(-c3ccccn3)nc3ccsc23)C[N+]1(C(=O)O)C(=O)OC(C)(C)C. The van der Waals surface area contributed by atoms with Crippen molar-refractivity contribution in [2.75, 3.05) is 6.54 Å². The average Bonchev–Trinajstić information content (AvgIpc) is 3.32. The largest absolute Gasteiger partial charge is 0.527 e. The van der Waals surface area contributed by atoms with E-state index in [1.165, 1.54) is 11.3 Å². The van der Waals surface area contributed by atoms with Crippen LogP contribution >= 0.6 is 11.3 Å². The molecule has 1 fully saturated rings. The second-order valence-corrected chi connectivity index (χ2v) is 9.76. The Kier molecular flexibility index (Phi) is 5.59. The van der Waals surface area contributed by atoms with Gasteiger partial charge in [0.05, 0.1) is 5.52 Å². The molecule has 2 amide bonds. The van der Waals surface area contributed by atoms with Gasteiger partial charge in [0.1, 0.15) is 28.6 Å². The van der Waals surface area contributed by atoms with Gasteiger partial charge in [0.2, 0.25) is 5.88 Å². The van der Waals surface area contributed by atoms with E-state index >= 15 is 0 Å². The number of amides is 2. The van der Waals surface area contributed by atoms with Gasteiger partial charge in [0.25, 0.3) is 0 Å². The van der Waals surface area contributed by atoms with E-state index in [2.05, 4.69) is 15.0 Å². The topological polar surface area (TPSA) is 112 Å². The van der Waals surface area contributed by atoms with Crippen LogP contribution in [0.15, 0.2) is 35.8 Å². The normalized spacial score (nSPS) is 23.2. The van der Waals surface area contributed by atoms with Gasteiger partial charge in [0, 0.05) is 12.6 Å². The number of quaternary nitrogens is 1. The van der Waals surface area contributed by atoms with Gasteiger partial charge < -0.3 is 14.6 Å². The van der Waals surface area contributed by atoms with E-state index in [-0.39, 0.29) is 6.54 Å². The number of thiophene rings is 1. The molecule has 9 nitrogen and oxygen atoms in total. The summed E-state index contributed by atoms with van der Waals surface area (Å²) in [6.45, 7) is 6.81. The van der Waals surface area contributed by atoms with Crippen LogP contribution in [0.25, 0.3) is 21.7 Å². The van der Waals surface area contributed by atoms with Crippen LogP contribution in [0, 0.1) is 0 Å². The van der Waals surface area contributed by atoms with Gasteiger partial charge in [-0.05, 0) is 51.3 Å². The molecule has 3 aromatic rings. The molecule has 32 heavy (non-hydrogen) atoms. The molecule has 4 rings (SSSR count). The fourth-order valence-electron chi connectivity index (χ4n) is 3.85. The van der Waals surface area contributed by atoms with Crippen molar-refractivity contribution in [1.82, 2.24) is 15.0 Å². The monoisotopic (exact) mass is 457 g/mol. The second-order valence-electron chi connectivity index (χ2n) is 8.84. The maximum Gasteiger partial charge on any atom is 0.527 e. The summed E-state index contributed by atoms with van der Waals surface area (Å²) in [5.74, 6) is 0.779. The number of hydrogen-bond acceptors (Lipinski definition) is 8. The Morgan fingerprint density at radius 3 is 2.66 bits per heavy atom. The molecule has 0 aliphatic carbocycles. The van der Waals surface area contributed by atoms with Crippen molar-refractivity contribution in [3.8, 4) is 17.4 Å². The van der Waals surface area contributed by atoms with Crippen molar-refractivity contribution in [2.24, 2.45) is 0 Å². The molecule has 1 aliphatic rings. The van der Waals surface area contributed by atoms with Gasteiger partial charge in [0.15, 0.2) is 11.9 Å². The summed E-state index contributed by atoms with van der Waals surface area (Å²) in [5, 5.41) is 11.9. The quantitative estimate of drug-likeness (QED) is 0.562. The number of pyridine rings is 1. The third-order valence-corrected chi connectivity index (χ3v) is 6.25. The molecule has 3 aromatic heterocycles. The predicted molar refractivity (Wildman–Crippen MR) is 119 cm³/mol. The molecule has 1 aliphatic heterocycles. The number of rotatable bonds is 3. The zero-order valence-corrected chi connectivity index (χ0v) is 19.1. The number of carbonyl (C=O) groups excluding carboxylic acids is 1. The highest BCUT2D eigenvalue weighted by molar-refractivity contribution is 7.17. The Bertz CT molecular complexity index is 1160. The summed E-state index contributed by atoms with van der Waals surface area (Å²) in [7, 11) is 0. The van der Waals surface area contributed by atoms with E-state index in [0.29, 0.717) is 23.8 Å². The molecule has 3 atom stereocenters. The van der Waals surface area contributed by atoms with E-state index in [9.17, 15) is 14.7 Å². The first-order valence-electron chi connectivity index (χ1n) is 10.3. The lowest BCUT2D eigenvalue weighted by molar-refractivity contribution is -0.797. The molecule has 0 radical (unpaired) electrons. The lowest BCUT2D eigenvalue weighted by atomic mass is 10.2. The molecule has 168 valence electrons. The molecule has 0 saturated carbocycles. The van der Waals surface area contributed by atoms with Crippen molar-refractivity contribution in [1.29, 1.82) is 0 Å². The highest BCUT2D eigenvalue weighted by Gasteiger charge is 2.60. The number of aromatic nitrogens is 3. The molecule has 0 bridgehead atoms. The Morgan fingerprint density at radius 1 is 1.22 bits per heavy atom. The van der Waals surface area contributed by atoms with Crippen LogP contribution in [-0.4, -0.2) is 61.0 Å². The Labute approximate surface area is 189 Å². The summed E-state index contributed by atoms with van der Waals surface area (Å²) >= 11 is 1.44. The van der Waals surface area contributed by atoms with E-state index in [1.807, 2.05) is 29.6 Å². The van der Waals surface area contributed by atoms with Crippen LogP contribution in [-0.2, 0) is 4.74 Å². The first-order chi connectivity index (χ1) is 15.1. The van der Waals surface area contributed by atoms with Gasteiger partial charge in [-0.3, -0.25) is 4.98 Å². The molecular formula is C22H25N4O5S+. The predicted octanol–water partition coefficient (Wildman–Crippen LogP) is 4.72. The summed E-state index contributed by atoms with van der Waals surface area (Å²) in [6, 6.07) is 6.82. The second kappa shape index (κ2) is 8.10. The third kappa shape index (κ3) is 4.03. The number of hydrogen-bond donors (Lipinski definition) is 1. The zero-order valence-electron chi connectivity index (χ0n) is 18.3. The Hall–Kier alpha value is -3.11. The fourth-order valence-corrected chi connectivity index (χ4v) is 4.61. The first-order valence-corrected chi connectivity index (χ1v) is 11.2. The minimum Gasteiger partial charge on any atom is -0.467 e. The van der Waals surface area contributed by atoms with Crippen molar-refractivity contribution in [2.45, 2.75) is 51.9 Å². The summed E-state index contributed by atoms with van der Waals surface area (Å²) in [4.78, 5) is 38.6. The highest BCUT2D eigenvalue weighted by Crippen LogP contribution is 2.36. The molecule has 1 saturated heterocycles. The molecule has 10 heteroatoms. The highest BCUT2D eigenvalue weighted by atomic mass is 32.1.